The maximum Gasteiger partial charge on any atom is 0.416 e. The quantitative estimate of drug-likeness (QED) is 0.500. The number of benzene rings is 1. The first-order chi connectivity index (χ1) is 7.86. The Balaban J connectivity index is 3.06. The highest BCUT2D eigenvalue weighted by molar-refractivity contribution is 6.01. The number of carbonyl (C=O) groups excluding carboxylic acids is 1. The van der Waals surface area contributed by atoms with Gasteiger partial charge in [0, 0.05) is 17.7 Å². The maximum absolute atomic E-state index is 12.4. The lowest BCUT2D eigenvalue weighted by Crippen LogP contribution is -2.09. The van der Waals surface area contributed by atoms with E-state index in [4.69, 9.17) is 5.73 Å². The molecule has 1 aromatic carbocycles. The van der Waals surface area contributed by atoms with Gasteiger partial charge in [-0.25, -0.2) is 0 Å². The van der Waals surface area contributed by atoms with Crippen LogP contribution in [-0.2, 0) is 6.18 Å². The number of rotatable bonds is 4. The maximum atomic E-state index is 12.4. The van der Waals surface area contributed by atoms with Crippen LogP contribution in [0.3, 0.4) is 0 Å². The summed E-state index contributed by atoms with van der Waals surface area (Å²) in [6.45, 7) is 3.44. The average molecular weight is 243 g/mol. The van der Waals surface area contributed by atoms with Gasteiger partial charge in [0.2, 0.25) is 0 Å². The Labute approximate surface area is 96.9 Å². The number of anilines is 1. The number of alkyl halides is 3. The van der Waals surface area contributed by atoms with Gasteiger partial charge in [0.25, 0.3) is 0 Å². The Hall–Kier alpha value is -1.78. The lowest BCUT2D eigenvalue weighted by molar-refractivity contribution is -0.137. The zero-order valence-corrected chi connectivity index (χ0v) is 9.05. The van der Waals surface area contributed by atoms with E-state index in [1.54, 1.807) is 0 Å². The van der Waals surface area contributed by atoms with Crippen LogP contribution >= 0.6 is 0 Å². The molecular weight excluding hydrogens is 231 g/mol. The van der Waals surface area contributed by atoms with Gasteiger partial charge in [-0.1, -0.05) is 6.08 Å². The van der Waals surface area contributed by atoms with Crippen LogP contribution < -0.4 is 5.73 Å². The topological polar surface area (TPSA) is 43.1 Å². The Morgan fingerprint density at radius 2 is 2.06 bits per heavy atom. The van der Waals surface area contributed by atoms with Crippen LogP contribution in [0.25, 0.3) is 0 Å². The van der Waals surface area contributed by atoms with Crippen molar-refractivity contribution in [3.05, 3.63) is 42.0 Å². The summed E-state index contributed by atoms with van der Waals surface area (Å²) in [4.78, 5) is 11.6. The molecule has 0 radical (unpaired) electrons. The second kappa shape index (κ2) is 5.03. The van der Waals surface area contributed by atoms with E-state index in [1.165, 1.54) is 6.08 Å². The Morgan fingerprint density at radius 1 is 1.41 bits per heavy atom. The molecule has 92 valence electrons. The van der Waals surface area contributed by atoms with E-state index in [0.29, 0.717) is 6.42 Å². The van der Waals surface area contributed by atoms with Crippen molar-refractivity contribution in [1.82, 2.24) is 0 Å². The molecule has 0 atom stereocenters. The molecule has 5 heteroatoms. The Kier molecular flexibility index (Phi) is 3.93. The van der Waals surface area contributed by atoms with Crippen LogP contribution in [0.2, 0.25) is 0 Å². The minimum Gasteiger partial charge on any atom is -0.398 e. The largest absolute Gasteiger partial charge is 0.416 e. The second-order valence-corrected chi connectivity index (χ2v) is 3.55. The molecule has 2 nitrogen and oxygen atoms in total. The summed E-state index contributed by atoms with van der Waals surface area (Å²) in [5, 5.41) is 0. The van der Waals surface area contributed by atoms with Gasteiger partial charge in [0.05, 0.1) is 5.56 Å². The lowest BCUT2D eigenvalue weighted by atomic mass is 10.0. The first-order valence-electron chi connectivity index (χ1n) is 4.97. The lowest BCUT2D eigenvalue weighted by Gasteiger charge is -2.10. The molecule has 0 aromatic heterocycles. The molecular formula is C12H12F3NO. The van der Waals surface area contributed by atoms with E-state index < -0.39 is 17.5 Å². The molecule has 0 saturated carbocycles. The molecule has 0 aliphatic heterocycles. The molecule has 0 fully saturated rings. The van der Waals surface area contributed by atoms with Gasteiger partial charge < -0.3 is 5.73 Å². The predicted octanol–water partition coefficient (Wildman–Crippen LogP) is 3.44. The Morgan fingerprint density at radius 3 is 2.59 bits per heavy atom. The number of nitrogen functional groups attached to an aromatic ring is 1. The smallest absolute Gasteiger partial charge is 0.398 e. The monoisotopic (exact) mass is 243 g/mol. The van der Waals surface area contributed by atoms with Gasteiger partial charge >= 0.3 is 6.18 Å². The zero-order chi connectivity index (χ0) is 13.1. The number of hydrogen-bond donors (Lipinski definition) is 1. The Bertz CT molecular complexity index is 438. The van der Waals surface area contributed by atoms with Crippen molar-refractivity contribution >= 4 is 11.5 Å². The highest BCUT2D eigenvalue weighted by Gasteiger charge is 2.31. The standard InChI is InChI=1S/C12H12F3NO/c1-2-3-4-11(17)9-7-8(12(13,14)15)5-6-10(9)16/h2,5-7H,1,3-4,16H2. The third-order valence-electron chi connectivity index (χ3n) is 2.26. The molecule has 0 aliphatic carbocycles. The van der Waals surface area contributed by atoms with Crippen molar-refractivity contribution in [2.45, 2.75) is 19.0 Å². The zero-order valence-electron chi connectivity index (χ0n) is 9.05. The number of Topliss-reactive ketones (excluding diaryl/α,β-unsaturated/α-hetero) is 1. The van der Waals surface area contributed by atoms with E-state index in [1.807, 2.05) is 0 Å². The predicted molar refractivity (Wildman–Crippen MR) is 59.6 cm³/mol. The first-order valence-corrected chi connectivity index (χ1v) is 4.97. The molecule has 1 aromatic rings. The molecule has 0 aliphatic rings. The van der Waals surface area contributed by atoms with Gasteiger partial charge in [-0.3, -0.25) is 4.79 Å². The SMILES string of the molecule is C=CCCC(=O)c1cc(C(F)(F)F)ccc1N. The van der Waals surface area contributed by atoms with Crippen molar-refractivity contribution < 1.29 is 18.0 Å². The number of carbonyl (C=O) groups is 1. The normalized spacial score (nSPS) is 11.2. The van der Waals surface area contributed by atoms with E-state index in [-0.39, 0.29) is 17.7 Å². The third-order valence-corrected chi connectivity index (χ3v) is 2.26. The van der Waals surface area contributed by atoms with Crippen molar-refractivity contribution in [3.63, 3.8) is 0 Å². The molecule has 17 heavy (non-hydrogen) atoms. The summed E-state index contributed by atoms with van der Waals surface area (Å²) in [5.74, 6) is -0.409. The first kappa shape index (κ1) is 13.3. The van der Waals surface area contributed by atoms with E-state index in [9.17, 15) is 18.0 Å². The third kappa shape index (κ3) is 3.34. The van der Waals surface area contributed by atoms with E-state index in [0.717, 1.165) is 18.2 Å². The summed E-state index contributed by atoms with van der Waals surface area (Å²) in [6.07, 6.45) is -2.42. The summed E-state index contributed by atoms with van der Waals surface area (Å²) in [5.41, 5.74) is 4.60. The summed E-state index contributed by atoms with van der Waals surface area (Å²) < 4.78 is 37.3. The highest BCUT2D eigenvalue weighted by atomic mass is 19.4. The number of ketones is 1. The molecule has 0 unspecified atom stereocenters. The second-order valence-electron chi connectivity index (χ2n) is 3.55. The minimum absolute atomic E-state index is 0.0621. The van der Waals surface area contributed by atoms with Crippen molar-refractivity contribution in [2.75, 3.05) is 5.73 Å². The molecule has 0 amide bonds. The number of allylic oxidation sites excluding steroid dienone is 1. The van der Waals surface area contributed by atoms with Crippen molar-refractivity contribution in [2.24, 2.45) is 0 Å². The molecule has 2 N–H and O–H groups in total. The average Bonchev–Trinajstić information content (AvgIpc) is 2.24. The van der Waals surface area contributed by atoms with Gasteiger partial charge in [-0.2, -0.15) is 13.2 Å². The molecule has 1 rings (SSSR count). The fourth-order valence-electron chi connectivity index (χ4n) is 1.34. The van der Waals surface area contributed by atoms with E-state index in [2.05, 4.69) is 6.58 Å². The van der Waals surface area contributed by atoms with Crippen molar-refractivity contribution in [3.8, 4) is 0 Å². The van der Waals surface area contributed by atoms with Crippen LogP contribution in [0.15, 0.2) is 30.9 Å². The number of halogens is 3. The van der Waals surface area contributed by atoms with Gasteiger partial charge in [0.1, 0.15) is 0 Å². The summed E-state index contributed by atoms with van der Waals surface area (Å²) in [7, 11) is 0. The highest BCUT2D eigenvalue weighted by Crippen LogP contribution is 2.31. The van der Waals surface area contributed by atoms with Crippen LogP contribution in [0, 0.1) is 0 Å². The minimum atomic E-state index is -4.47. The van der Waals surface area contributed by atoms with Crippen LogP contribution in [0.5, 0.6) is 0 Å². The number of hydrogen-bond acceptors (Lipinski definition) is 2. The molecule has 0 bridgehead atoms. The van der Waals surface area contributed by atoms with Crippen LogP contribution in [0.1, 0.15) is 28.8 Å². The van der Waals surface area contributed by atoms with Gasteiger partial charge in [-0.15, -0.1) is 6.58 Å². The van der Waals surface area contributed by atoms with Crippen LogP contribution in [0.4, 0.5) is 18.9 Å². The fourth-order valence-corrected chi connectivity index (χ4v) is 1.34. The van der Waals surface area contributed by atoms with Crippen molar-refractivity contribution in [1.29, 1.82) is 0 Å². The van der Waals surface area contributed by atoms with E-state index >= 15 is 0 Å². The van der Waals surface area contributed by atoms with Gasteiger partial charge in [0.15, 0.2) is 5.78 Å². The summed E-state index contributed by atoms with van der Waals surface area (Å²) >= 11 is 0. The number of nitrogens with two attached hydrogens (primary N) is 1. The summed E-state index contributed by atoms with van der Waals surface area (Å²) in [6, 6.07) is 2.75. The molecule has 0 spiro atoms. The van der Waals surface area contributed by atoms with Crippen LogP contribution in [-0.4, -0.2) is 5.78 Å². The fraction of sp³-hybridized carbons (Fsp3) is 0.250. The molecule has 0 saturated heterocycles. The molecule has 0 heterocycles. The van der Waals surface area contributed by atoms with Gasteiger partial charge in [-0.05, 0) is 24.6 Å².